The maximum atomic E-state index is 11.8. The Kier molecular flexibility index (Phi) is 5.77. The summed E-state index contributed by atoms with van der Waals surface area (Å²) < 4.78 is 1.54. The van der Waals surface area contributed by atoms with E-state index in [1.54, 1.807) is 7.05 Å². The molecule has 0 saturated heterocycles. The predicted molar refractivity (Wildman–Crippen MR) is 70.9 cm³/mol. The van der Waals surface area contributed by atoms with Crippen LogP contribution >= 0.6 is 0 Å². The third-order valence-electron chi connectivity index (χ3n) is 3.19. The molecule has 1 aromatic rings. The van der Waals surface area contributed by atoms with Gasteiger partial charge in [0, 0.05) is 13.5 Å². The lowest BCUT2D eigenvalue weighted by Crippen LogP contribution is -2.19. The number of aromatic nitrogens is 3. The summed E-state index contributed by atoms with van der Waals surface area (Å²) in [6, 6.07) is 0. The van der Waals surface area contributed by atoms with Crippen LogP contribution in [-0.2, 0) is 11.8 Å². The number of aryl methyl sites for hydroxylation is 1. The highest BCUT2D eigenvalue weighted by molar-refractivity contribution is 5.88. The number of rotatable bonds is 7. The topological polar surface area (TPSA) is 85.8 Å². The standard InChI is InChI=1S/C12H23N5O/c1-9(2)10(6-7-13)4-5-11(18)16-12-14-8-15-17(12)3/h8-10H,4-7,13H2,1-3H3,(H,14,15,16,18). The van der Waals surface area contributed by atoms with Crippen molar-refractivity contribution in [3.8, 4) is 0 Å². The molecule has 0 aromatic carbocycles. The average Bonchev–Trinajstić information content (AvgIpc) is 2.70. The lowest BCUT2D eigenvalue weighted by molar-refractivity contribution is -0.116. The van der Waals surface area contributed by atoms with Gasteiger partial charge in [-0.2, -0.15) is 10.1 Å². The summed E-state index contributed by atoms with van der Waals surface area (Å²) in [6.07, 6.45) is 3.74. The second-order valence-corrected chi connectivity index (χ2v) is 4.88. The first kappa shape index (κ1) is 14.6. The highest BCUT2D eigenvalue weighted by atomic mass is 16.1. The van der Waals surface area contributed by atoms with Crippen LogP contribution in [0.2, 0.25) is 0 Å². The number of nitrogens with two attached hydrogens (primary N) is 1. The van der Waals surface area contributed by atoms with Crippen LogP contribution in [0.4, 0.5) is 5.95 Å². The van der Waals surface area contributed by atoms with E-state index in [9.17, 15) is 4.79 Å². The molecule has 1 heterocycles. The molecule has 102 valence electrons. The minimum absolute atomic E-state index is 0.0197. The van der Waals surface area contributed by atoms with Gasteiger partial charge >= 0.3 is 0 Å². The van der Waals surface area contributed by atoms with E-state index in [2.05, 4.69) is 29.2 Å². The van der Waals surface area contributed by atoms with Gasteiger partial charge < -0.3 is 5.73 Å². The van der Waals surface area contributed by atoms with Gasteiger partial charge in [-0.15, -0.1) is 0 Å². The zero-order valence-electron chi connectivity index (χ0n) is 11.4. The first-order chi connectivity index (χ1) is 8.54. The van der Waals surface area contributed by atoms with E-state index in [1.165, 1.54) is 11.0 Å². The van der Waals surface area contributed by atoms with Crippen molar-refractivity contribution in [2.75, 3.05) is 11.9 Å². The quantitative estimate of drug-likeness (QED) is 0.763. The normalized spacial score (nSPS) is 12.7. The number of hydrogen-bond donors (Lipinski definition) is 2. The highest BCUT2D eigenvalue weighted by Gasteiger charge is 2.15. The van der Waals surface area contributed by atoms with Crippen LogP contribution in [0.5, 0.6) is 0 Å². The molecule has 3 N–H and O–H groups in total. The summed E-state index contributed by atoms with van der Waals surface area (Å²) in [6.45, 7) is 5.01. The Hall–Kier alpha value is -1.43. The first-order valence-corrected chi connectivity index (χ1v) is 6.38. The van der Waals surface area contributed by atoms with Crippen molar-refractivity contribution in [1.29, 1.82) is 0 Å². The minimum Gasteiger partial charge on any atom is -0.330 e. The Morgan fingerprint density at radius 1 is 1.50 bits per heavy atom. The molecule has 0 spiro atoms. The van der Waals surface area contributed by atoms with Gasteiger partial charge in [0.1, 0.15) is 6.33 Å². The maximum Gasteiger partial charge on any atom is 0.227 e. The molecule has 1 unspecified atom stereocenters. The number of carbonyl (C=O) groups excluding carboxylic acids is 1. The smallest absolute Gasteiger partial charge is 0.227 e. The van der Waals surface area contributed by atoms with Crippen LogP contribution in [0.3, 0.4) is 0 Å². The fourth-order valence-electron chi connectivity index (χ4n) is 1.94. The molecule has 0 aliphatic carbocycles. The minimum atomic E-state index is -0.0197. The number of anilines is 1. The summed E-state index contributed by atoms with van der Waals surface area (Å²) in [7, 11) is 1.74. The summed E-state index contributed by atoms with van der Waals surface area (Å²) in [5.41, 5.74) is 5.58. The van der Waals surface area contributed by atoms with Crippen molar-refractivity contribution >= 4 is 11.9 Å². The Bertz CT molecular complexity index is 374. The lowest BCUT2D eigenvalue weighted by atomic mass is 9.88. The van der Waals surface area contributed by atoms with Crippen molar-refractivity contribution in [1.82, 2.24) is 14.8 Å². The van der Waals surface area contributed by atoms with Crippen molar-refractivity contribution in [2.24, 2.45) is 24.6 Å². The molecular formula is C12H23N5O. The van der Waals surface area contributed by atoms with Crippen LogP contribution in [0.15, 0.2) is 6.33 Å². The van der Waals surface area contributed by atoms with Gasteiger partial charge in [0.25, 0.3) is 0 Å². The second kappa shape index (κ2) is 7.10. The molecule has 0 aliphatic rings. The predicted octanol–water partition coefficient (Wildman–Crippen LogP) is 1.15. The third kappa shape index (κ3) is 4.44. The molecule has 0 bridgehead atoms. The lowest BCUT2D eigenvalue weighted by Gasteiger charge is -2.19. The fourth-order valence-corrected chi connectivity index (χ4v) is 1.94. The molecule has 1 aromatic heterocycles. The Labute approximate surface area is 108 Å². The van der Waals surface area contributed by atoms with Gasteiger partial charge in [-0.1, -0.05) is 13.8 Å². The van der Waals surface area contributed by atoms with E-state index in [0.717, 1.165) is 12.8 Å². The number of nitrogens with zero attached hydrogens (tertiary/aromatic N) is 3. The van der Waals surface area contributed by atoms with E-state index < -0.39 is 0 Å². The summed E-state index contributed by atoms with van der Waals surface area (Å²) >= 11 is 0. The molecule has 1 rings (SSSR count). The van der Waals surface area contributed by atoms with Crippen molar-refractivity contribution in [3.05, 3.63) is 6.33 Å². The largest absolute Gasteiger partial charge is 0.330 e. The van der Waals surface area contributed by atoms with Gasteiger partial charge in [0.2, 0.25) is 11.9 Å². The molecule has 0 radical (unpaired) electrons. The number of hydrogen-bond acceptors (Lipinski definition) is 4. The molecule has 1 amide bonds. The van der Waals surface area contributed by atoms with Crippen molar-refractivity contribution in [3.63, 3.8) is 0 Å². The van der Waals surface area contributed by atoms with E-state index >= 15 is 0 Å². The van der Waals surface area contributed by atoms with E-state index in [-0.39, 0.29) is 5.91 Å². The summed E-state index contributed by atoms with van der Waals surface area (Å²) in [4.78, 5) is 15.7. The SMILES string of the molecule is CC(C)C(CCN)CCC(=O)Nc1ncnn1C. The van der Waals surface area contributed by atoms with E-state index in [0.29, 0.717) is 30.7 Å². The van der Waals surface area contributed by atoms with Crippen LogP contribution in [0.25, 0.3) is 0 Å². The number of amides is 1. The van der Waals surface area contributed by atoms with Gasteiger partial charge in [-0.05, 0) is 31.2 Å². The summed E-state index contributed by atoms with van der Waals surface area (Å²) in [5, 5.41) is 6.64. The van der Waals surface area contributed by atoms with Gasteiger partial charge in [-0.25, -0.2) is 4.68 Å². The van der Waals surface area contributed by atoms with Gasteiger partial charge in [0.05, 0.1) is 0 Å². The van der Waals surface area contributed by atoms with Crippen LogP contribution in [0.1, 0.15) is 33.1 Å². The van der Waals surface area contributed by atoms with E-state index in [4.69, 9.17) is 5.73 Å². The zero-order valence-corrected chi connectivity index (χ0v) is 11.4. The monoisotopic (exact) mass is 253 g/mol. The van der Waals surface area contributed by atoms with Crippen LogP contribution in [-0.4, -0.2) is 27.2 Å². The Morgan fingerprint density at radius 3 is 2.72 bits per heavy atom. The molecule has 0 aliphatic heterocycles. The number of carbonyl (C=O) groups is 1. The molecule has 0 fully saturated rings. The van der Waals surface area contributed by atoms with E-state index in [1.807, 2.05) is 0 Å². The fraction of sp³-hybridized carbons (Fsp3) is 0.750. The van der Waals surface area contributed by atoms with Gasteiger partial charge in [-0.3, -0.25) is 10.1 Å². The molecule has 0 saturated carbocycles. The Morgan fingerprint density at radius 2 is 2.22 bits per heavy atom. The molecule has 6 nitrogen and oxygen atoms in total. The molecule has 6 heteroatoms. The molecule has 1 atom stereocenters. The zero-order chi connectivity index (χ0) is 13.5. The molecule has 18 heavy (non-hydrogen) atoms. The highest BCUT2D eigenvalue weighted by Crippen LogP contribution is 2.20. The number of nitrogens with one attached hydrogen (secondary N) is 1. The van der Waals surface area contributed by atoms with Crippen LogP contribution < -0.4 is 11.1 Å². The second-order valence-electron chi connectivity index (χ2n) is 4.88. The van der Waals surface area contributed by atoms with Crippen LogP contribution in [0, 0.1) is 11.8 Å². The average molecular weight is 253 g/mol. The maximum absolute atomic E-state index is 11.8. The van der Waals surface area contributed by atoms with Gasteiger partial charge in [0.15, 0.2) is 0 Å². The first-order valence-electron chi connectivity index (χ1n) is 6.38. The van der Waals surface area contributed by atoms with Crippen molar-refractivity contribution < 1.29 is 4.79 Å². The summed E-state index contributed by atoms with van der Waals surface area (Å²) in [5.74, 6) is 1.52. The Balaban J connectivity index is 2.38. The third-order valence-corrected chi connectivity index (χ3v) is 3.19. The van der Waals surface area contributed by atoms with Crippen molar-refractivity contribution in [2.45, 2.75) is 33.1 Å². The molecular weight excluding hydrogens is 230 g/mol.